The summed E-state index contributed by atoms with van der Waals surface area (Å²) < 4.78 is 40.3. The summed E-state index contributed by atoms with van der Waals surface area (Å²) in [5, 5.41) is 2.56. The Morgan fingerprint density at radius 2 is 1.96 bits per heavy atom. The van der Waals surface area contributed by atoms with Crippen molar-refractivity contribution in [3.63, 3.8) is 0 Å². The van der Waals surface area contributed by atoms with E-state index in [-0.39, 0.29) is 22.9 Å². The molecule has 0 aliphatic carbocycles. The summed E-state index contributed by atoms with van der Waals surface area (Å²) in [4.78, 5) is 12.9. The Labute approximate surface area is 145 Å². The number of benzene rings is 1. The van der Waals surface area contributed by atoms with Gasteiger partial charge in [-0.3, -0.25) is 4.79 Å². The zero-order chi connectivity index (χ0) is 17.7. The lowest BCUT2D eigenvalue weighted by Gasteiger charge is -2.07. The maximum Gasteiger partial charge on any atom is 0.251 e. The summed E-state index contributed by atoms with van der Waals surface area (Å²) in [7, 11) is -3.57. The van der Waals surface area contributed by atoms with Crippen LogP contribution in [0.5, 0.6) is 0 Å². The van der Waals surface area contributed by atoms with Crippen molar-refractivity contribution in [2.75, 3.05) is 13.1 Å². The van der Waals surface area contributed by atoms with Crippen molar-refractivity contribution in [3.05, 3.63) is 52.2 Å². The second-order valence-corrected chi connectivity index (χ2v) is 8.35. The molecule has 0 radical (unpaired) electrons. The van der Waals surface area contributed by atoms with Crippen LogP contribution in [0, 0.1) is 12.7 Å². The molecule has 2 N–H and O–H groups in total. The van der Waals surface area contributed by atoms with Gasteiger partial charge in [-0.05, 0) is 43.2 Å². The molecule has 5 nitrogen and oxygen atoms in total. The normalized spacial score (nSPS) is 11.5. The van der Waals surface area contributed by atoms with Crippen LogP contribution < -0.4 is 10.0 Å². The zero-order valence-corrected chi connectivity index (χ0v) is 15.1. The monoisotopic (exact) mass is 370 g/mol. The van der Waals surface area contributed by atoms with E-state index >= 15 is 0 Å². The molecule has 1 amide bonds. The van der Waals surface area contributed by atoms with Gasteiger partial charge in [0.15, 0.2) is 0 Å². The van der Waals surface area contributed by atoms with Crippen LogP contribution in [0.4, 0.5) is 4.39 Å². The van der Waals surface area contributed by atoms with Crippen molar-refractivity contribution in [2.24, 2.45) is 0 Å². The van der Waals surface area contributed by atoms with Crippen molar-refractivity contribution in [1.29, 1.82) is 0 Å². The van der Waals surface area contributed by atoms with E-state index in [4.69, 9.17) is 0 Å². The SMILES string of the molecule is CCc1ccc(S(=O)(=O)NCCNC(=O)c2ccc(C)c(F)c2)s1. The van der Waals surface area contributed by atoms with Crippen LogP contribution in [-0.4, -0.2) is 27.4 Å². The molecular weight excluding hydrogens is 351 g/mol. The van der Waals surface area contributed by atoms with Crippen LogP contribution in [0.15, 0.2) is 34.5 Å². The van der Waals surface area contributed by atoms with Gasteiger partial charge in [-0.25, -0.2) is 17.5 Å². The first-order valence-corrected chi connectivity index (χ1v) is 9.76. The van der Waals surface area contributed by atoms with Gasteiger partial charge in [-0.15, -0.1) is 11.3 Å². The molecule has 0 saturated carbocycles. The van der Waals surface area contributed by atoms with Gasteiger partial charge >= 0.3 is 0 Å². The standard InChI is InChI=1S/C16H19FN2O3S2/c1-3-13-6-7-15(23-13)24(21,22)19-9-8-18-16(20)12-5-4-11(2)14(17)10-12/h4-7,10,19H,3,8-9H2,1-2H3,(H,18,20). The Morgan fingerprint density at radius 1 is 1.21 bits per heavy atom. The number of nitrogens with one attached hydrogen (secondary N) is 2. The first-order chi connectivity index (χ1) is 11.3. The number of hydrogen-bond acceptors (Lipinski definition) is 4. The number of carbonyl (C=O) groups is 1. The van der Waals surface area contributed by atoms with Crippen LogP contribution in [0.2, 0.25) is 0 Å². The molecule has 0 fully saturated rings. The lowest BCUT2D eigenvalue weighted by molar-refractivity contribution is 0.0954. The Morgan fingerprint density at radius 3 is 2.58 bits per heavy atom. The average molecular weight is 370 g/mol. The second kappa shape index (κ2) is 7.87. The summed E-state index contributed by atoms with van der Waals surface area (Å²) in [6, 6.07) is 7.56. The van der Waals surface area contributed by atoms with Crippen molar-refractivity contribution in [2.45, 2.75) is 24.5 Å². The maximum absolute atomic E-state index is 13.4. The minimum absolute atomic E-state index is 0.0573. The molecule has 8 heteroatoms. The molecule has 0 aliphatic rings. The van der Waals surface area contributed by atoms with Gasteiger partial charge in [0.1, 0.15) is 10.0 Å². The molecule has 1 aromatic carbocycles. The van der Waals surface area contributed by atoms with Gasteiger partial charge < -0.3 is 5.32 Å². The molecule has 24 heavy (non-hydrogen) atoms. The molecule has 2 aromatic rings. The fourth-order valence-corrected chi connectivity index (χ4v) is 4.33. The highest BCUT2D eigenvalue weighted by Gasteiger charge is 2.16. The third-order valence-electron chi connectivity index (χ3n) is 3.39. The van der Waals surface area contributed by atoms with Gasteiger partial charge in [0.25, 0.3) is 5.91 Å². The van der Waals surface area contributed by atoms with Gasteiger partial charge in [0.05, 0.1) is 0 Å². The summed E-state index contributed by atoms with van der Waals surface area (Å²) in [6.07, 6.45) is 0.781. The molecule has 1 heterocycles. The predicted molar refractivity (Wildman–Crippen MR) is 92.4 cm³/mol. The molecule has 130 valence electrons. The van der Waals surface area contributed by atoms with Crippen molar-refractivity contribution in [1.82, 2.24) is 10.0 Å². The van der Waals surface area contributed by atoms with Crippen LogP contribution in [0.3, 0.4) is 0 Å². The molecule has 0 aliphatic heterocycles. The van der Waals surface area contributed by atoms with Gasteiger partial charge in [0.2, 0.25) is 10.0 Å². The molecule has 2 rings (SSSR count). The minimum atomic E-state index is -3.57. The van der Waals surface area contributed by atoms with Crippen molar-refractivity contribution < 1.29 is 17.6 Å². The lowest BCUT2D eigenvalue weighted by Crippen LogP contribution is -2.34. The molecule has 1 aromatic heterocycles. The van der Waals surface area contributed by atoms with Crippen LogP contribution in [0.1, 0.15) is 27.7 Å². The average Bonchev–Trinajstić information content (AvgIpc) is 3.04. The van der Waals surface area contributed by atoms with Gasteiger partial charge in [0, 0.05) is 23.5 Å². The molecule has 0 bridgehead atoms. The lowest BCUT2D eigenvalue weighted by atomic mass is 10.1. The molecule has 0 unspecified atom stereocenters. The first kappa shape index (κ1) is 18.6. The largest absolute Gasteiger partial charge is 0.351 e. The van der Waals surface area contributed by atoms with E-state index in [1.54, 1.807) is 19.1 Å². The van der Waals surface area contributed by atoms with Gasteiger partial charge in [-0.1, -0.05) is 13.0 Å². The highest BCUT2D eigenvalue weighted by Crippen LogP contribution is 2.21. The second-order valence-electron chi connectivity index (χ2n) is 5.19. The maximum atomic E-state index is 13.4. The van der Waals surface area contributed by atoms with Crippen LogP contribution in [0.25, 0.3) is 0 Å². The number of thiophene rings is 1. The number of rotatable bonds is 7. The zero-order valence-electron chi connectivity index (χ0n) is 13.4. The molecular formula is C16H19FN2O3S2. The number of carbonyl (C=O) groups excluding carboxylic acids is 1. The number of sulfonamides is 1. The Balaban J connectivity index is 1.85. The van der Waals surface area contributed by atoms with E-state index in [1.165, 1.54) is 23.5 Å². The van der Waals surface area contributed by atoms with Crippen molar-refractivity contribution >= 4 is 27.3 Å². The van der Waals surface area contributed by atoms with E-state index in [1.807, 2.05) is 6.92 Å². The number of amides is 1. The van der Waals surface area contributed by atoms with Crippen molar-refractivity contribution in [3.8, 4) is 0 Å². The fourth-order valence-electron chi connectivity index (χ4n) is 1.96. The summed E-state index contributed by atoms with van der Waals surface area (Å²) >= 11 is 1.22. The first-order valence-electron chi connectivity index (χ1n) is 7.46. The topological polar surface area (TPSA) is 75.3 Å². The van der Waals surface area contributed by atoms with E-state index in [2.05, 4.69) is 10.0 Å². The Hall–Kier alpha value is -1.77. The summed E-state index contributed by atoms with van der Waals surface area (Å²) in [5.41, 5.74) is 0.661. The quantitative estimate of drug-likeness (QED) is 0.735. The number of aryl methyl sites for hydroxylation is 2. The van der Waals surface area contributed by atoms with E-state index in [0.29, 0.717) is 5.56 Å². The third kappa shape index (κ3) is 4.62. The Kier molecular flexibility index (Phi) is 6.09. The van der Waals surface area contributed by atoms with E-state index in [9.17, 15) is 17.6 Å². The van der Waals surface area contributed by atoms with E-state index < -0.39 is 21.7 Å². The number of halogens is 1. The number of hydrogen-bond donors (Lipinski definition) is 2. The highest BCUT2D eigenvalue weighted by molar-refractivity contribution is 7.91. The predicted octanol–water partition coefficient (Wildman–Crippen LogP) is 2.47. The van der Waals surface area contributed by atoms with Crippen LogP contribution in [-0.2, 0) is 16.4 Å². The van der Waals surface area contributed by atoms with Crippen LogP contribution >= 0.6 is 11.3 Å². The van der Waals surface area contributed by atoms with E-state index in [0.717, 1.165) is 17.4 Å². The smallest absolute Gasteiger partial charge is 0.251 e. The molecule has 0 spiro atoms. The molecule has 0 atom stereocenters. The highest BCUT2D eigenvalue weighted by atomic mass is 32.2. The summed E-state index contributed by atoms with van der Waals surface area (Å²) in [5.74, 6) is -0.898. The Bertz CT molecular complexity index is 832. The molecule has 0 saturated heterocycles. The van der Waals surface area contributed by atoms with Gasteiger partial charge in [-0.2, -0.15) is 0 Å². The fraction of sp³-hybridized carbons (Fsp3) is 0.312. The minimum Gasteiger partial charge on any atom is -0.351 e. The third-order valence-corrected chi connectivity index (χ3v) is 6.57. The summed E-state index contributed by atoms with van der Waals surface area (Å²) in [6.45, 7) is 3.74.